The quantitative estimate of drug-likeness (QED) is 0.409. The average Bonchev–Trinajstić information content (AvgIpc) is 3.08. The topological polar surface area (TPSA) is 69.0 Å². The number of amides is 1. The molecule has 2 aromatic carbocycles. The second kappa shape index (κ2) is 9.38. The number of carbonyl (C=O) groups is 1. The number of rotatable bonds is 7. The number of carbonyl (C=O) groups excluding carboxylic acids is 1. The van der Waals surface area contributed by atoms with Crippen LogP contribution in [0.25, 0.3) is 0 Å². The van der Waals surface area contributed by atoms with Crippen LogP contribution in [0.2, 0.25) is 0 Å². The van der Waals surface area contributed by atoms with Crippen LogP contribution in [0.4, 0.5) is 23.2 Å². The van der Waals surface area contributed by atoms with E-state index >= 15 is 0 Å². The van der Waals surface area contributed by atoms with Gasteiger partial charge in [0.1, 0.15) is 11.6 Å². The Labute approximate surface area is 179 Å². The summed E-state index contributed by atoms with van der Waals surface area (Å²) in [5.74, 6) is 0.0250. The van der Waals surface area contributed by atoms with Gasteiger partial charge in [-0.05, 0) is 49.4 Å². The second-order valence-corrected chi connectivity index (χ2v) is 7.47. The van der Waals surface area contributed by atoms with Crippen LogP contribution in [0.5, 0.6) is 5.75 Å². The van der Waals surface area contributed by atoms with Crippen LogP contribution in [0.15, 0.2) is 53.7 Å². The van der Waals surface area contributed by atoms with E-state index in [-0.39, 0.29) is 17.3 Å². The highest BCUT2D eigenvalue weighted by Gasteiger charge is 2.30. The number of nitrogens with zero attached hydrogens (tertiary/aromatic N) is 3. The van der Waals surface area contributed by atoms with Crippen molar-refractivity contribution in [2.24, 2.45) is 7.05 Å². The van der Waals surface area contributed by atoms with Gasteiger partial charge in [0.15, 0.2) is 17.1 Å². The number of alkyl halides is 3. The summed E-state index contributed by atoms with van der Waals surface area (Å²) in [5, 5.41) is 11.0. The fourth-order valence-electron chi connectivity index (χ4n) is 2.68. The number of hydrogen-bond donors (Lipinski definition) is 1. The number of nitrogens with one attached hydrogen (secondary N) is 1. The van der Waals surface area contributed by atoms with Gasteiger partial charge in [-0.2, -0.15) is 13.2 Å². The zero-order valence-electron chi connectivity index (χ0n) is 16.5. The van der Waals surface area contributed by atoms with Gasteiger partial charge in [-0.15, -0.1) is 10.2 Å². The number of thioether (sulfide) groups is 1. The SMILES string of the molecule is CC(Oc1ccc(F)cc1)c1nnc(SCC(=O)Nc2cccc(C(F)(F)F)c2)n1C. The third-order valence-corrected chi connectivity index (χ3v) is 5.18. The Bertz CT molecular complexity index is 1050. The minimum Gasteiger partial charge on any atom is -0.483 e. The first-order valence-electron chi connectivity index (χ1n) is 9.05. The molecule has 1 N–H and O–H groups in total. The van der Waals surface area contributed by atoms with Crippen molar-refractivity contribution in [3.8, 4) is 5.75 Å². The highest BCUT2D eigenvalue weighted by Crippen LogP contribution is 2.31. The van der Waals surface area contributed by atoms with Crippen molar-refractivity contribution in [1.82, 2.24) is 14.8 Å². The van der Waals surface area contributed by atoms with Crippen molar-refractivity contribution in [3.05, 3.63) is 65.7 Å². The van der Waals surface area contributed by atoms with Gasteiger partial charge in [-0.25, -0.2) is 4.39 Å². The molecule has 1 aromatic heterocycles. The first-order chi connectivity index (χ1) is 14.6. The molecule has 3 rings (SSSR count). The van der Waals surface area contributed by atoms with E-state index in [0.29, 0.717) is 16.7 Å². The average molecular weight is 454 g/mol. The largest absolute Gasteiger partial charge is 0.483 e. The van der Waals surface area contributed by atoms with Crippen LogP contribution < -0.4 is 10.1 Å². The molecule has 6 nitrogen and oxygen atoms in total. The Morgan fingerprint density at radius 3 is 2.58 bits per heavy atom. The molecule has 0 bridgehead atoms. The maximum absolute atomic E-state index is 13.0. The van der Waals surface area contributed by atoms with E-state index < -0.39 is 23.8 Å². The lowest BCUT2D eigenvalue weighted by Crippen LogP contribution is -2.15. The molecule has 1 amide bonds. The van der Waals surface area contributed by atoms with E-state index in [1.165, 1.54) is 36.4 Å². The van der Waals surface area contributed by atoms with E-state index in [4.69, 9.17) is 4.74 Å². The van der Waals surface area contributed by atoms with Gasteiger partial charge >= 0.3 is 6.18 Å². The summed E-state index contributed by atoms with van der Waals surface area (Å²) in [7, 11) is 1.70. The Kier molecular flexibility index (Phi) is 6.84. The molecular weight excluding hydrogens is 436 g/mol. The van der Waals surface area contributed by atoms with Gasteiger partial charge < -0.3 is 14.6 Å². The number of ether oxygens (including phenoxy) is 1. The minimum absolute atomic E-state index is 0.0559. The number of halogens is 4. The molecule has 0 spiro atoms. The molecule has 0 radical (unpaired) electrons. The standard InChI is InChI=1S/C20H18F4N4O2S/c1-12(30-16-8-6-14(21)7-9-16)18-26-27-19(28(18)2)31-11-17(29)25-15-5-3-4-13(10-15)20(22,23)24/h3-10,12H,11H2,1-2H3,(H,25,29). The predicted octanol–water partition coefficient (Wildman–Crippen LogP) is 4.84. The molecule has 1 atom stereocenters. The van der Waals surface area contributed by atoms with Gasteiger partial charge in [0.25, 0.3) is 0 Å². The highest BCUT2D eigenvalue weighted by molar-refractivity contribution is 7.99. The first kappa shape index (κ1) is 22.6. The Hall–Kier alpha value is -3.08. The fourth-order valence-corrected chi connectivity index (χ4v) is 3.39. The van der Waals surface area contributed by atoms with E-state index in [9.17, 15) is 22.4 Å². The van der Waals surface area contributed by atoms with Gasteiger partial charge in [-0.3, -0.25) is 4.79 Å². The predicted molar refractivity (Wildman–Crippen MR) is 107 cm³/mol. The molecule has 0 aliphatic rings. The summed E-state index contributed by atoms with van der Waals surface area (Å²) >= 11 is 1.08. The van der Waals surface area contributed by atoms with Crippen LogP contribution >= 0.6 is 11.8 Å². The molecule has 0 saturated heterocycles. The minimum atomic E-state index is -4.49. The van der Waals surface area contributed by atoms with Crippen molar-refractivity contribution in [2.45, 2.75) is 24.4 Å². The Balaban J connectivity index is 1.58. The van der Waals surface area contributed by atoms with Crippen molar-refractivity contribution >= 4 is 23.4 Å². The number of hydrogen-bond acceptors (Lipinski definition) is 5. The number of anilines is 1. The van der Waals surface area contributed by atoms with Crippen molar-refractivity contribution in [2.75, 3.05) is 11.1 Å². The molecule has 31 heavy (non-hydrogen) atoms. The highest BCUT2D eigenvalue weighted by atomic mass is 32.2. The molecule has 0 aliphatic carbocycles. The van der Waals surface area contributed by atoms with Gasteiger partial charge in [0.2, 0.25) is 5.91 Å². The zero-order chi connectivity index (χ0) is 22.6. The second-order valence-electron chi connectivity index (χ2n) is 6.53. The summed E-state index contributed by atoms with van der Waals surface area (Å²) in [6.45, 7) is 1.75. The Morgan fingerprint density at radius 2 is 1.90 bits per heavy atom. The molecule has 164 valence electrons. The molecule has 3 aromatic rings. The van der Waals surface area contributed by atoms with Gasteiger partial charge in [0, 0.05) is 12.7 Å². The van der Waals surface area contributed by atoms with Crippen LogP contribution in [-0.4, -0.2) is 26.4 Å². The van der Waals surface area contributed by atoms with Crippen LogP contribution in [-0.2, 0) is 18.0 Å². The van der Waals surface area contributed by atoms with Gasteiger partial charge in [-0.1, -0.05) is 17.8 Å². The maximum Gasteiger partial charge on any atom is 0.416 e. The van der Waals surface area contributed by atoms with Gasteiger partial charge in [0.05, 0.1) is 11.3 Å². The summed E-state index contributed by atoms with van der Waals surface area (Å²) in [5.41, 5.74) is -0.786. The molecule has 11 heteroatoms. The fraction of sp³-hybridized carbons (Fsp3) is 0.250. The van der Waals surface area contributed by atoms with E-state index in [2.05, 4.69) is 15.5 Å². The molecular formula is C20H18F4N4O2S. The molecule has 0 aliphatic heterocycles. The lowest BCUT2D eigenvalue weighted by molar-refractivity contribution is -0.137. The summed E-state index contributed by atoms with van der Waals surface area (Å²) < 4.78 is 58.7. The first-order valence-corrected chi connectivity index (χ1v) is 10.0. The maximum atomic E-state index is 13.0. The van der Waals surface area contributed by atoms with Crippen molar-refractivity contribution in [1.29, 1.82) is 0 Å². The van der Waals surface area contributed by atoms with E-state index in [1.807, 2.05) is 0 Å². The molecule has 1 unspecified atom stereocenters. The van der Waals surface area contributed by atoms with Crippen molar-refractivity contribution in [3.63, 3.8) is 0 Å². The summed E-state index contributed by atoms with van der Waals surface area (Å²) in [6.07, 6.45) is -4.98. The Morgan fingerprint density at radius 1 is 1.19 bits per heavy atom. The van der Waals surface area contributed by atoms with Crippen LogP contribution in [0.1, 0.15) is 24.4 Å². The van der Waals surface area contributed by atoms with E-state index in [1.54, 1.807) is 18.5 Å². The summed E-state index contributed by atoms with van der Waals surface area (Å²) in [6, 6.07) is 9.96. The summed E-state index contributed by atoms with van der Waals surface area (Å²) in [4.78, 5) is 12.1. The smallest absolute Gasteiger partial charge is 0.416 e. The molecule has 1 heterocycles. The normalized spacial score (nSPS) is 12.5. The molecule has 0 fully saturated rings. The monoisotopic (exact) mass is 454 g/mol. The van der Waals surface area contributed by atoms with E-state index in [0.717, 1.165) is 23.9 Å². The number of benzene rings is 2. The lowest BCUT2D eigenvalue weighted by atomic mass is 10.2. The third kappa shape index (κ3) is 5.97. The lowest BCUT2D eigenvalue weighted by Gasteiger charge is -2.14. The third-order valence-electron chi connectivity index (χ3n) is 4.16. The zero-order valence-corrected chi connectivity index (χ0v) is 17.3. The number of aromatic nitrogens is 3. The van der Waals surface area contributed by atoms with Crippen molar-refractivity contribution < 1.29 is 27.1 Å². The molecule has 0 saturated carbocycles. The van der Waals surface area contributed by atoms with Crippen LogP contribution in [0, 0.1) is 5.82 Å². The van der Waals surface area contributed by atoms with Crippen LogP contribution in [0.3, 0.4) is 0 Å².